The topological polar surface area (TPSA) is 0 Å². The molecule has 106 valence electrons. The summed E-state index contributed by atoms with van der Waals surface area (Å²) in [6, 6.07) is 9.40. The van der Waals surface area contributed by atoms with Crippen LogP contribution in [0.15, 0.2) is 24.3 Å². The zero-order valence-corrected chi connectivity index (χ0v) is 13.0. The van der Waals surface area contributed by atoms with Crippen molar-refractivity contribution in [3.8, 4) is 0 Å². The average Bonchev–Trinajstić information content (AvgIpc) is 2.46. The standard InChI is InChI=1S/C19H30/c1-4-6-7-17-12-13-19(14-15(17)3)18-10-8-16(5-2)9-11-18/h8-11,15,17,19H,4-7,12-14H2,1-3H3. The maximum atomic E-state index is 2.48. The van der Waals surface area contributed by atoms with Crippen molar-refractivity contribution in [1.29, 1.82) is 0 Å². The number of aryl methyl sites for hydroxylation is 1. The van der Waals surface area contributed by atoms with Gasteiger partial charge in [-0.05, 0) is 54.6 Å². The van der Waals surface area contributed by atoms with Crippen LogP contribution in [0.4, 0.5) is 0 Å². The first kappa shape index (κ1) is 14.6. The molecule has 0 aromatic heterocycles. The highest BCUT2D eigenvalue weighted by Gasteiger charge is 2.27. The Labute approximate surface area is 119 Å². The third-order valence-electron chi connectivity index (χ3n) is 5.13. The summed E-state index contributed by atoms with van der Waals surface area (Å²) in [4.78, 5) is 0. The molecule has 1 aliphatic carbocycles. The molecule has 0 spiro atoms. The normalized spacial score (nSPS) is 27.4. The van der Waals surface area contributed by atoms with Crippen molar-refractivity contribution in [2.24, 2.45) is 11.8 Å². The fraction of sp³-hybridized carbons (Fsp3) is 0.684. The van der Waals surface area contributed by atoms with Crippen molar-refractivity contribution in [2.75, 3.05) is 0 Å². The van der Waals surface area contributed by atoms with Crippen molar-refractivity contribution < 1.29 is 0 Å². The van der Waals surface area contributed by atoms with Gasteiger partial charge in [-0.1, -0.05) is 64.3 Å². The van der Waals surface area contributed by atoms with Gasteiger partial charge in [-0.3, -0.25) is 0 Å². The number of hydrogen-bond acceptors (Lipinski definition) is 0. The van der Waals surface area contributed by atoms with Crippen molar-refractivity contribution >= 4 is 0 Å². The molecule has 0 nitrogen and oxygen atoms in total. The molecule has 1 fully saturated rings. The predicted octanol–water partition coefficient (Wildman–Crippen LogP) is 5.96. The molecule has 0 bridgehead atoms. The van der Waals surface area contributed by atoms with Crippen molar-refractivity contribution in [3.05, 3.63) is 35.4 Å². The Hall–Kier alpha value is -0.780. The van der Waals surface area contributed by atoms with Gasteiger partial charge < -0.3 is 0 Å². The minimum Gasteiger partial charge on any atom is -0.0654 e. The van der Waals surface area contributed by atoms with Crippen LogP contribution in [-0.2, 0) is 6.42 Å². The summed E-state index contributed by atoms with van der Waals surface area (Å²) in [7, 11) is 0. The molecule has 0 saturated heterocycles. The highest BCUT2D eigenvalue weighted by molar-refractivity contribution is 5.25. The SMILES string of the molecule is CCCCC1CCC(c2ccc(CC)cc2)CC1C. The van der Waals surface area contributed by atoms with Gasteiger partial charge in [0.2, 0.25) is 0 Å². The van der Waals surface area contributed by atoms with Crippen LogP contribution in [0.3, 0.4) is 0 Å². The summed E-state index contributed by atoms with van der Waals surface area (Å²) in [5.74, 6) is 2.72. The van der Waals surface area contributed by atoms with Crippen molar-refractivity contribution in [1.82, 2.24) is 0 Å². The highest BCUT2D eigenvalue weighted by Crippen LogP contribution is 2.41. The minimum atomic E-state index is 0.818. The Morgan fingerprint density at radius 1 is 1.05 bits per heavy atom. The molecular weight excluding hydrogens is 228 g/mol. The lowest BCUT2D eigenvalue weighted by Crippen LogP contribution is -2.21. The molecule has 3 unspecified atom stereocenters. The largest absolute Gasteiger partial charge is 0.0654 e. The molecule has 19 heavy (non-hydrogen) atoms. The number of hydrogen-bond donors (Lipinski definition) is 0. The first-order chi connectivity index (χ1) is 9.24. The minimum absolute atomic E-state index is 0.818. The summed E-state index contributed by atoms with van der Waals surface area (Å²) in [5, 5.41) is 0. The molecule has 0 heteroatoms. The Bertz CT molecular complexity index is 362. The molecule has 1 aromatic rings. The monoisotopic (exact) mass is 258 g/mol. The van der Waals surface area contributed by atoms with E-state index in [2.05, 4.69) is 45.0 Å². The second kappa shape index (κ2) is 7.12. The van der Waals surface area contributed by atoms with Gasteiger partial charge in [-0.15, -0.1) is 0 Å². The van der Waals surface area contributed by atoms with Crippen molar-refractivity contribution in [2.45, 2.75) is 71.6 Å². The van der Waals surface area contributed by atoms with Crippen molar-refractivity contribution in [3.63, 3.8) is 0 Å². The van der Waals surface area contributed by atoms with E-state index in [1.165, 1.54) is 44.1 Å². The Kier molecular flexibility index (Phi) is 5.48. The second-order valence-electron chi connectivity index (χ2n) is 6.48. The second-order valence-corrected chi connectivity index (χ2v) is 6.48. The lowest BCUT2D eigenvalue weighted by molar-refractivity contribution is 0.216. The predicted molar refractivity (Wildman–Crippen MR) is 84.6 cm³/mol. The molecule has 1 aromatic carbocycles. The van der Waals surface area contributed by atoms with Gasteiger partial charge in [0.1, 0.15) is 0 Å². The van der Waals surface area contributed by atoms with Gasteiger partial charge in [0.05, 0.1) is 0 Å². The molecule has 3 atom stereocenters. The van der Waals surface area contributed by atoms with Crippen LogP contribution in [0.2, 0.25) is 0 Å². The first-order valence-electron chi connectivity index (χ1n) is 8.33. The summed E-state index contributed by atoms with van der Waals surface area (Å²) in [6.07, 6.45) is 9.64. The summed E-state index contributed by atoms with van der Waals surface area (Å²) < 4.78 is 0. The molecule has 2 rings (SSSR count). The van der Waals surface area contributed by atoms with Gasteiger partial charge in [-0.25, -0.2) is 0 Å². The molecule has 0 amide bonds. The fourth-order valence-corrected chi connectivity index (χ4v) is 3.68. The van der Waals surface area contributed by atoms with E-state index < -0.39 is 0 Å². The van der Waals surface area contributed by atoms with Crippen LogP contribution in [0, 0.1) is 11.8 Å². The van der Waals surface area contributed by atoms with E-state index in [9.17, 15) is 0 Å². The third-order valence-corrected chi connectivity index (χ3v) is 5.13. The van der Waals surface area contributed by atoms with E-state index in [0.717, 1.165) is 24.2 Å². The molecular formula is C19H30. The van der Waals surface area contributed by atoms with Gasteiger partial charge in [0.15, 0.2) is 0 Å². The quantitative estimate of drug-likeness (QED) is 0.611. The third kappa shape index (κ3) is 3.84. The Morgan fingerprint density at radius 2 is 1.79 bits per heavy atom. The zero-order chi connectivity index (χ0) is 13.7. The maximum absolute atomic E-state index is 2.48. The lowest BCUT2D eigenvalue weighted by atomic mass is 9.71. The summed E-state index contributed by atoms with van der Waals surface area (Å²) in [6.45, 7) is 7.02. The fourth-order valence-electron chi connectivity index (χ4n) is 3.68. The molecule has 0 radical (unpaired) electrons. The molecule has 1 aliphatic rings. The molecule has 0 aliphatic heterocycles. The average molecular weight is 258 g/mol. The first-order valence-corrected chi connectivity index (χ1v) is 8.33. The van der Waals surface area contributed by atoms with Gasteiger partial charge in [-0.2, -0.15) is 0 Å². The lowest BCUT2D eigenvalue weighted by Gasteiger charge is -2.34. The van der Waals surface area contributed by atoms with Crippen LogP contribution >= 0.6 is 0 Å². The van der Waals surface area contributed by atoms with E-state index in [0.29, 0.717) is 0 Å². The zero-order valence-electron chi connectivity index (χ0n) is 13.0. The number of benzene rings is 1. The Morgan fingerprint density at radius 3 is 2.37 bits per heavy atom. The molecule has 0 heterocycles. The van der Waals surface area contributed by atoms with Crippen LogP contribution in [0.5, 0.6) is 0 Å². The van der Waals surface area contributed by atoms with E-state index in [-0.39, 0.29) is 0 Å². The summed E-state index contributed by atoms with van der Waals surface area (Å²) >= 11 is 0. The van der Waals surface area contributed by atoms with Crippen LogP contribution in [0.1, 0.15) is 76.3 Å². The van der Waals surface area contributed by atoms with E-state index in [1.54, 1.807) is 5.56 Å². The highest BCUT2D eigenvalue weighted by atomic mass is 14.3. The van der Waals surface area contributed by atoms with Crippen LogP contribution in [0.25, 0.3) is 0 Å². The van der Waals surface area contributed by atoms with E-state index in [1.807, 2.05) is 0 Å². The number of unbranched alkanes of at least 4 members (excludes halogenated alkanes) is 1. The molecule has 0 N–H and O–H groups in total. The van der Waals surface area contributed by atoms with Gasteiger partial charge >= 0.3 is 0 Å². The maximum Gasteiger partial charge on any atom is -0.0159 e. The van der Waals surface area contributed by atoms with Gasteiger partial charge in [0, 0.05) is 0 Å². The summed E-state index contributed by atoms with van der Waals surface area (Å²) in [5.41, 5.74) is 3.05. The van der Waals surface area contributed by atoms with Crippen LogP contribution < -0.4 is 0 Å². The van der Waals surface area contributed by atoms with E-state index in [4.69, 9.17) is 0 Å². The smallest absolute Gasteiger partial charge is 0.0159 e. The molecule has 1 saturated carbocycles. The van der Waals surface area contributed by atoms with Crippen LogP contribution in [-0.4, -0.2) is 0 Å². The Balaban J connectivity index is 1.93. The number of rotatable bonds is 5. The van der Waals surface area contributed by atoms with Gasteiger partial charge in [0.25, 0.3) is 0 Å². The van der Waals surface area contributed by atoms with E-state index >= 15 is 0 Å².